The number of hydrogen-bond acceptors (Lipinski definition) is 1. The second kappa shape index (κ2) is 9.62. The zero-order chi connectivity index (χ0) is 33.3. The van der Waals surface area contributed by atoms with Crippen molar-refractivity contribution in [3.05, 3.63) is 226 Å². The van der Waals surface area contributed by atoms with Crippen molar-refractivity contribution in [2.45, 2.75) is 10.8 Å². The molecule has 4 aliphatic rings. The SMILES string of the molecule is c1ccc2c(c1)Oc1ccc(-c3cccc4c3C3(c5ccccc5-c5ccccc53)c3ccccc3-4)cc1C21c2ccccc2-c2ccccc21. The molecule has 236 valence electrons. The standard InChI is InChI=1S/C50H30O/c1-6-21-39-33(14-1)34-15-2-7-22-40(34)49(39)44-26-11-12-27-46(44)51-47-29-28-31(30-45(47)49)32-19-13-20-38-37-18-5-10-25-43(37)50(48(32)38)41-23-8-3-16-35(41)36-17-4-9-24-42(36)50/h1-30H. The minimum Gasteiger partial charge on any atom is -0.457 e. The van der Waals surface area contributed by atoms with Crippen molar-refractivity contribution in [1.29, 1.82) is 0 Å². The molecule has 2 spiro atoms. The summed E-state index contributed by atoms with van der Waals surface area (Å²) in [5.41, 5.74) is 19.8. The molecule has 0 aromatic heterocycles. The van der Waals surface area contributed by atoms with Gasteiger partial charge in [0.05, 0.1) is 10.8 Å². The van der Waals surface area contributed by atoms with Gasteiger partial charge in [0.25, 0.3) is 0 Å². The number of hydrogen-bond donors (Lipinski definition) is 0. The van der Waals surface area contributed by atoms with Crippen molar-refractivity contribution in [1.82, 2.24) is 0 Å². The summed E-state index contributed by atoms with van der Waals surface area (Å²) in [4.78, 5) is 0. The van der Waals surface area contributed by atoms with E-state index in [4.69, 9.17) is 4.74 Å². The monoisotopic (exact) mass is 646 g/mol. The van der Waals surface area contributed by atoms with Gasteiger partial charge in [0.1, 0.15) is 11.5 Å². The third kappa shape index (κ3) is 3.15. The van der Waals surface area contributed by atoms with Crippen molar-refractivity contribution in [2.24, 2.45) is 0 Å². The van der Waals surface area contributed by atoms with E-state index in [0.717, 1.165) is 11.5 Å². The maximum Gasteiger partial charge on any atom is 0.132 e. The summed E-state index contributed by atoms with van der Waals surface area (Å²) in [5, 5.41) is 0. The summed E-state index contributed by atoms with van der Waals surface area (Å²) in [5.74, 6) is 1.82. The molecule has 0 radical (unpaired) electrons. The van der Waals surface area contributed by atoms with Crippen molar-refractivity contribution in [3.8, 4) is 56.0 Å². The fourth-order valence-corrected chi connectivity index (χ4v) is 10.4. The zero-order valence-corrected chi connectivity index (χ0v) is 27.7. The predicted molar refractivity (Wildman–Crippen MR) is 206 cm³/mol. The van der Waals surface area contributed by atoms with Gasteiger partial charge in [-0.25, -0.2) is 0 Å². The highest BCUT2D eigenvalue weighted by atomic mass is 16.5. The molecule has 0 saturated heterocycles. The minimum absolute atomic E-state index is 0.432. The van der Waals surface area contributed by atoms with Gasteiger partial charge in [0.2, 0.25) is 0 Å². The lowest BCUT2D eigenvalue weighted by atomic mass is 9.65. The molecule has 1 heteroatoms. The smallest absolute Gasteiger partial charge is 0.132 e. The van der Waals surface area contributed by atoms with E-state index in [9.17, 15) is 0 Å². The van der Waals surface area contributed by atoms with Crippen molar-refractivity contribution < 1.29 is 4.74 Å². The van der Waals surface area contributed by atoms with E-state index >= 15 is 0 Å². The minimum atomic E-state index is -0.515. The van der Waals surface area contributed by atoms with Crippen LogP contribution in [0.15, 0.2) is 182 Å². The maximum absolute atomic E-state index is 6.81. The number of benzene rings is 8. The summed E-state index contributed by atoms with van der Waals surface area (Å²) in [6.07, 6.45) is 0. The van der Waals surface area contributed by atoms with Gasteiger partial charge < -0.3 is 4.74 Å². The van der Waals surface area contributed by atoms with E-state index in [-0.39, 0.29) is 0 Å². The lowest BCUT2D eigenvalue weighted by Crippen LogP contribution is -2.32. The number of rotatable bonds is 1. The fraction of sp³-hybridized carbons (Fsp3) is 0.0400. The Morgan fingerprint density at radius 1 is 0.275 bits per heavy atom. The van der Waals surface area contributed by atoms with E-state index in [2.05, 4.69) is 182 Å². The molecule has 1 nitrogen and oxygen atoms in total. The molecular formula is C50H30O. The van der Waals surface area contributed by atoms with Crippen molar-refractivity contribution in [2.75, 3.05) is 0 Å². The highest BCUT2D eigenvalue weighted by molar-refractivity contribution is 5.99. The van der Waals surface area contributed by atoms with Gasteiger partial charge in [-0.3, -0.25) is 0 Å². The largest absolute Gasteiger partial charge is 0.457 e. The topological polar surface area (TPSA) is 9.23 Å². The Morgan fingerprint density at radius 2 is 0.667 bits per heavy atom. The van der Waals surface area contributed by atoms with Gasteiger partial charge >= 0.3 is 0 Å². The Bertz CT molecular complexity index is 2690. The molecule has 51 heavy (non-hydrogen) atoms. The Hall–Kier alpha value is -6.44. The van der Waals surface area contributed by atoms with E-state index in [1.165, 1.54) is 89.0 Å². The number of para-hydroxylation sites is 1. The molecule has 0 bridgehead atoms. The fourth-order valence-electron chi connectivity index (χ4n) is 10.4. The summed E-state index contributed by atoms with van der Waals surface area (Å²) in [6.45, 7) is 0. The molecule has 0 N–H and O–H groups in total. The highest BCUT2D eigenvalue weighted by Crippen LogP contribution is 2.66. The second-order valence-electron chi connectivity index (χ2n) is 14.3. The van der Waals surface area contributed by atoms with Crippen molar-refractivity contribution >= 4 is 0 Å². The summed E-state index contributed by atoms with van der Waals surface area (Å²) in [6, 6.07) is 67.6. The van der Waals surface area contributed by atoms with Crippen LogP contribution < -0.4 is 4.74 Å². The van der Waals surface area contributed by atoms with Gasteiger partial charge in [-0.15, -0.1) is 0 Å². The predicted octanol–water partition coefficient (Wildman–Crippen LogP) is 12.2. The number of ether oxygens (including phenoxy) is 1. The van der Waals surface area contributed by atoms with Gasteiger partial charge in [0, 0.05) is 11.1 Å². The Morgan fingerprint density at radius 3 is 1.22 bits per heavy atom. The van der Waals surface area contributed by atoms with Crippen LogP contribution in [0.2, 0.25) is 0 Å². The van der Waals surface area contributed by atoms with E-state index in [1.54, 1.807) is 0 Å². The molecule has 12 rings (SSSR count). The molecule has 8 aromatic carbocycles. The first-order chi connectivity index (χ1) is 25.3. The second-order valence-corrected chi connectivity index (χ2v) is 14.3. The zero-order valence-electron chi connectivity index (χ0n) is 27.7. The van der Waals surface area contributed by atoms with Crippen LogP contribution in [0, 0.1) is 0 Å². The first-order valence-corrected chi connectivity index (χ1v) is 17.9. The van der Waals surface area contributed by atoms with E-state index in [0.29, 0.717) is 0 Å². The lowest BCUT2D eigenvalue weighted by molar-refractivity contribution is 0.436. The molecule has 1 heterocycles. The highest BCUT2D eigenvalue weighted by Gasteiger charge is 2.54. The summed E-state index contributed by atoms with van der Waals surface area (Å²) < 4.78 is 6.81. The quantitative estimate of drug-likeness (QED) is 0.172. The first kappa shape index (κ1) is 27.4. The van der Waals surface area contributed by atoms with Crippen LogP contribution in [0.4, 0.5) is 0 Å². The van der Waals surface area contributed by atoms with E-state index in [1.807, 2.05) is 0 Å². The maximum atomic E-state index is 6.81. The molecule has 0 saturated carbocycles. The molecule has 8 aromatic rings. The van der Waals surface area contributed by atoms with Gasteiger partial charge in [-0.1, -0.05) is 164 Å². The van der Waals surface area contributed by atoms with Crippen LogP contribution in [-0.4, -0.2) is 0 Å². The molecule has 0 fully saturated rings. The Labute approximate surface area is 297 Å². The number of fused-ring (bicyclic) bond motifs is 19. The van der Waals surface area contributed by atoms with Crippen LogP contribution in [0.3, 0.4) is 0 Å². The Kier molecular flexibility index (Phi) is 5.17. The average Bonchev–Trinajstić information content (AvgIpc) is 3.79. The molecule has 0 amide bonds. The van der Waals surface area contributed by atoms with Crippen molar-refractivity contribution in [3.63, 3.8) is 0 Å². The molecule has 3 aliphatic carbocycles. The van der Waals surface area contributed by atoms with Gasteiger partial charge in [0.15, 0.2) is 0 Å². The Balaban J connectivity index is 1.19. The first-order valence-electron chi connectivity index (χ1n) is 17.9. The lowest BCUT2D eigenvalue weighted by Gasteiger charge is -2.39. The van der Waals surface area contributed by atoms with Crippen LogP contribution in [0.1, 0.15) is 44.5 Å². The van der Waals surface area contributed by atoms with E-state index < -0.39 is 10.8 Å². The average molecular weight is 647 g/mol. The third-order valence-corrected chi connectivity index (χ3v) is 12.2. The van der Waals surface area contributed by atoms with Crippen LogP contribution >= 0.6 is 0 Å². The van der Waals surface area contributed by atoms with Gasteiger partial charge in [-0.05, 0) is 96.1 Å². The molecule has 1 aliphatic heterocycles. The van der Waals surface area contributed by atoms with Gasteiger partial charge in [-0.2, -0.15) is 0 Å². The van der Waals surface area contributed by atoms with Crippen LogP contribution in [0.25, 0.3) is 44.5 Å². The van der Waals surface area contributed by atoms with Crippen LogP contribution in [-0.2, 0) is 10.8 Å². The molecule has 0 atom stereocenters. The molecule has 0 unspecified atom stereocenters. The summed E-state index contributed by atoms with van der Waals surface area (Å²) >= 11 is 0. The summed E-state index contributed by atoms with van der Waals surface area (Å²) in [7, 11) is 0. The normalized spacial score (nSPS) is 15.1. The van der Waals surface area contributed by atoms with Crippen LogP contribution in [0.5, 0.6) is 11.5 Å². The molecular weight excluding hydrogens is 617 g/mol. The third-order valence-electron chi connectivity index (χ3n) is 12.2.